The maximum atomic E-state index is 12.9. The van der Waals surface area contributed by atoms with Crippen LogP contribution in [0.3, 0.4) is 0 Å². The van der Waals surface area contributed by atoms with Gasteiger partial charge in [0.1, 0.15) is 17.5 Å². The highest BCUT2D eigenvalue weighted by Crippen LogP contribution is 2.44. The molecule has 0 saturated carbocycles. The number of anilines is 1. The first-order chi connectivity index (χ1) is 13.0. The van der Waals surface area contributed by atoms with E-state index in [-0.39, 0.29) is 18.9 Å². The monoisotopic (exact) mass is 405 g/mol. The van der Waals surface area contributed by atoms with Gasteiger partial charge >= 0.3 is 6.09 Å². The van der Waals surface area contributed by atoms with E-state index in [1.807, 2.05) is 0 Å². The first-order valence-electron chi connectivity index (χ1n) is 8.81. The molecule has 0 unspecified atom stereocenters. The van der Waals surface area contributed by atoms with Gasteiger partial charge in [0.25, 0.3) is 5.91 Å². The molecule has 1 aromatic carbocycles. The van der Waals surface area contributed by atoms with Crippen molar-refractivity contribution < 1.29 is 19.1 Å². The van der Waals surface area contributed by atoms with Crippen LogP contribution in [0.1, 0.15) is 27.2 Å². The topological polar surface area (TPSA) is 120 Å². The number of hydrogen-bond acceptors (Lipinski definition) is 5. The molecule has 1 aromatic heterocycles. The summed E-state index contributed by atoms with van der Waals surface area (Å²) in [6.45, 7) is 5.09. The van der Waals surface area contributed by atoms with Crippen LogP contribution in [0.25, 0.3) is 10.9 Å². The van der Waals surface area contributed by atoms with Crippen LogP contribution in [0.4, 0.5) is 10.6 Å². The predicted molar refractivity (Wildman–Crippen MR) is 102 cm³/mol. The number of carbonyl (C=O) groups is 3. The van der Waals surface area contributed by atoms with Crippen molar-refractivity contribution in [1.82, 2.24) is 14.7 Å². The molecule has 0 aliphatic carbocycles. The Hall–Kier alpha value is -2.81. The third-order valence-corrected chi connectivity index (χ3v) is 5.22. The highest BCUT2D eigenvalue weighted by atomic mass is 35.5. The van der Waals surface area contributed by atoms with E-state index in [4.69, 9.17) is 22.1 Å². The van der Waals surface area contributed by atoms with Crippen LogP contribution in [0.15, 0.2) is 18.2 Å². The van der Waals surface area contributed by atoms with Crippen LogP contribution >= 0.6 is 11.6 Å². The number of likely N-dealkylation sites (tertiary alicyclic amines) is 1. The Balaban J connectivity index is 1.78. The lowest BCUT2D eigenvalue weighted by molar-refractivity contribution is -0.123. The van der Waals surface area contributed by atoms with E-state index in [9.17, 15) is 14.4 Å². The molecule has 1 fully saturated rings. The highest BCUT2D eigenvalue weighted by Gasteiger charge is 2.59. The molecule has 3 amide bonds. The zero-order valence-electron chi connectivity index (χ0n) is 15.7. The lowest BCUT2D eigenvalue weighted by Crippen LogP contribution is -2.46. The second-order valence-corrected chi connectivity index (χ2v) is 8.57. The molecule has 28 heavy (non-hydrogen) atoms. The SMILES string of the molecule is CC(C)(C)OC(=O)N1C[C@]2(C[C@H]1C(N)=O)C(=O)Nc1c3cc(Cl)ccc3nn12. The van der Waals surface area contributed by atoms with Gasteiger partial charge in [-0.05, 0) is 39.0 Å². The summed E-state index contributed by atoms with van der Waals surface area (Å²) >= 11 is 6.08. The number of amides is 3. The molecule has 2 aliphatic heterocycles. The summed E-state index contributed by atoms with van der Waals surface area (Å²) in [5.41, 5.74) is 4.18. The highest BCUT2D eigenvalue weighted by molar-refractivity contribution is 6.31. The van der Waals surface area contributed by atoms with E-state index in [2.05, 4.69) is 10.4 Å². The Morgan fingerprint density at radius 1 is 1.39 bits per heavy atom. The van der Waals surface area contributed by atoms with E-state index in [1.54, 1.807) is 39.0 Å². The van der Waals surface area contributed by atoms with Crippen LogP contribution in [0, 0.1) is 0 Å². The molecule has 3 N–H and O–H groups in total. The molecule has 0 radical (unpaired) electrons. The number of primary amides is 1. The summed E-state index contributed by atoms with van der Waals surface area (Å²) in [4.78, 5) is 38.9. The number of carbonyl (C=O) groups excluding carboxylic acids is 3. The third kappa shape index (κ3) is 2.69. The first kappa shape index (κ1) is 18.5. The predicted octanol–water partition coefficient (Wildman–Crippen LogP) is 1.83. The van der Waals surface area contributed by atoms with Gasteiger partial charge in [0.05, 0.1) is 12.1 Å². The van der Waals surface area contributed by atoms with Gasteiger partial charge in [0, 0.05) is 16.8 Å². The second-order valence-electron chi connectivity index (χ2n) is 8.14. The Kier molecular flexibility index (Phi) is 3.87. The number of nitrogens with one attached hydrogen (secondary N) is 1. The molecule has 10 heteroatoms. The molecular formula is C18H20ClN5O4. The standard InChI is InChI=1S/C18H20ClN5O4/c1-17(2,3)28-16(27)23-8-18(7-12(23)13(20)25)15(26)21-14-10-6-9(19)4-5-11(10)22-24(14)18/h4-6,12H,7-8H2,1-3H3,(H2,20,25)(H,21,26)/t12-,18+/m0/s1. The van der Waals surface area contributed by atoms with Crippen LogP contribution in [0.5, 0.6) is 0 Å². The van der Waals surface area contributed by atoms with Crippen LogP contribution in [-0.4, -0.2) is 50.8 Å². The van der Waals surface area contributed by atoms with Gasteiger partial charge in [-0.1, -0.05) is 11.6 Å². The summed E-state index contributed by atoms with van der Waals surface area (Å²) in [5, 5.41) is 8.54. The Morgan fingerprint density at radius 2 is 2.11 bits per heavy atom. The number of aromatic nitrogens is 2. The minimum Gasteiger partial charge on any atom is -0.444 e. The molecule has 1 spiro atoms. The van der Waals surface area contributed by atoms with Gasteiger partial charge in [0.15, 0.2) is 5.54 Å². The fraction of sp³-hybridized carbons (Fsp3) is 0.444. The van der Waals surface area contributed by atoms with Crippen LogP contribution in [0.2, 0.25) is 5.02 Å². The van der Waals surface area contributed by atoms with Crippen molar-refractivity contribution in [2.75, 3.05) is 11.9 Å². The minimum absolute atomic E-state index is 0.0160. The van der Waals surface area contributed by atoms with Gasteiger partial charge in [-0.15, -0.1) is 0 Å². The van der Waals surface area contributed by atoms with Crippen molar-refractivity contribution in [3.8, 4) is 0 Å². The van der Waals surface area contributed by atoms with Crippen LogP contribution < -0.4 is 11.1 Å². The maximum absolute atomic E-state index is 12.9. The summed E-state index contributed by atoms with van der Waals surface area (Å²) in [6.07, 6.45) is -0.684. The van der Waals surface area contributed by atoms with Crippen molar-refractivity contribution in [2.24, 2.45) is 5.73 Å². The summed E-state index contributed by atoms with van der Waals surface area (Å²) in [5.74, 6) is -0.574. The number of nitrogens with zero attached hydrogens (tertiary/aromatic N) is 3. The van der Waals surface area contributed by atoms with E-state index in [0.717, 1.165) is 0 Å². The molecule has 1 saturated heterocycles. The average Bonchev–Trinajstić information content (AvgIpc) is 3.20. The third-order valence-electron chi connectivity index (χ3n) is 4.99. The quantitative estimate of drug-likeness (QED) is 0.750. The number of rotatable bonds is 1. The number of hydrogen-bond donors (Lipinski definition) is 2. The van der Waals surface area contributed by atoms with Crippen molar-refractivity contribution in [3.63, 3.8) is 0 Å². The Labute approximate surface area is 165 Å². The van der Waals surface area contributed by atoms with Crippen molar-refractivity contribution in [3.05, 3.63) is 23.2 Å². The van der Waals surface area contributed by atoms with Crippen molar-refractivity contribution >= 4 is 46.2 Å². The smallest absolute Gasteiger partial charge is 0.411 e. The first-order valence-corrected chi connectivity index (χ1v) is 9.19. The fourth-order valence-electron chi connectivity index (χ4n) is 3.78. The number of halogens is 1. The minimum atomic E-state index is -1.24. The van der Waals surface area contributed by atoms with Gasteiger partial charge in [-0.3, -0.25) is 14.5 Å². The average molecular weight is 406 g/mol. The molecule has 4 rings (SSSR count). The molecule has 2 atom stereocenters. The number of fused-ring (bicyclic) bond motifs is 4. The largest absolute Gasteiger partial charge is 0.444 e. The lowest BCUT2D eigenvalue weighted by Gasteiger charge is -2.27. The molecule has 3 heterocycles. The number of benzene rings is 1. The molecule has 2 aromatic rings. The summed E-state index contributed by atoms with van der Waals surface area (Å²) in [7, 11) is 0. The van der Waals surface area contributed by atoms with E-state index >= 15 is 0 Å². The van der Waals surface area contributed by atoms with Crippen molar-refractivity contribution in [2.45, 2.75) is 44.4 Å². The van der Waals surface area contributed by atoms with Crippen LogP contribution in [-0.2, 0) is 19.9 Å². The zero-order chi connectivity index (χ0) is 20.4. The molecule has 2 aliphatic rings. The fourth-order valence-corrected chi connectivity index (χ4v) is 3.95. The summed E-state index contributed by atoms with van der Waals surface area (Å²) in [6, 6.07) is 4.17. The van der Waals surface area contributed by atoms with Gasteiger partial charge in [-0.2, -0.15) is 5.10 Å². The normalized spacial score (nSPS) is 23.9. The number of ether oxygens (including phenoxy) is 1. The van der Waals surface area contributed by atoms with E-state index < -0.39 is 29.2 Å². The van der Waals surface area contributed by atoms with Gasteiger partial charge < -0.3 is 15.8 Å². The second kappa shape index (κ2) is 5.84. The zero-order valence-corrected chi connectivity index (χ0v) is 16.4. The Bertz CT molecular complexity index is 1030. The Morgan fingerprint density at radius 3 is 2.75 bits per heavy atom. The van der Waals surface area contributed by atoms with E-state index in [0.29, 0.717) is 21.7 Å². The molecule has 0 bridgehead atoms. The maximum Gasteiger partial charge on any atom is 0.411 e. The van der Waals surface area contributed by atoms with Gasteiger partial charge in [-0.25, -0.2) is 9.48 Å². The van der Waals surface area contributed by atoms with Gasteiger partial charge in [0.2, 0.25) is 5.91 Å². The molecule has 9 nitrogen and oxygen atoms in total. The van der Waals surface area contributed by atoms with E-state index in [1.165, 1.54) is 9.58 Å². The summed E-state index contributed by atoms with van der Waals surface area (Å²) < 4.78 is 6.94. The molecular weight excluding hydrogens is 386 g/mol. The van der Waals surface area contributed by atoms with Crippen molar-refractivity contribution in [1.29, 1.82) is 0 Å². The number of nitrogens with two attached hydrogens (primary N) is 1. The molecule has 148 valence electrons. The lowest BCUT2D eigenvalue weighted by atomic mass is 9.96.